The van der Waals surface area contributed by atoms with E-state index >= 15 is 0 Å². The molecule has 0 aliphatic rings. The van der Waals surface area contributed by atoms with E-state index in [4.69, 9.17) is 9.47 Å². The van der Waals surface area contributed by atoms with Crippen molar-refractivity contribution in [3.63, 3.8) is 0 Å². The molecule has 0 aromatic rings. The molecule has 0 spiro atoms. The zero-order valence-electron chi connectivity index (χ0n) is 9.02. The van der Waals surface area contributed by atoms with Gasteiger partial charge in [-0.1, -0.05) is 13.8 Å². The van der Waals surface area contributed by atoms with Crippen LogP contribution in [0.15, 0.2) is 0 Å². The fourth-order valence-corrected chi connectivity index (χ4v) is 0.726. The van der Waals surface area contributed by atoms with Crippen LogP contribution in [0.4, 0.5) is 0 Å². The molecule has 0 heterocycles. The van der Waals surface area contributed by atoms with E-state index in [2.05, 4.69) is 34.6 Å². The first-order valence-corrected chi connectivity index (χ1v) is 4.63. The summed E-state index contributed by atoms with van der Waals surface area (Å²) in [4.78, 5) is 0. The van der Waals surface area contributed by atoms with Gasteiger partial charge in [0, 0.05) is 6.61 Å². The second-order valence-electron chi connectivity index (χ2n) is 4.43. The number of hydrogen-bond donors (Lipinski definition) is 0. The quantitative estimate of drug-likeness (QED) is 0.596. The van der Waals surface area contributed by atoms with Crippen LogP contribution in [0.2, 0.25) is 0 Å². The van der Waals surface area contributed by atoms with E-state index in [0.29, 0.717) is 19.1 Å². The molecule has 0 aromatic carbocycles. The van der Waals surface area contributed by atoms with Crippen LogP contribution in [0.1, 0.15) is 34.6 Å². The van der Waals surface area contributed by atoms with Crippen molar-refractivity contribution >= 4 is 0 Å². The summed E-state index contributed by atoms with van der Waals surface area (Å²) in [5.41, 5.74) is -0.0405. The average Bonchev–Trinajstić information content (AvgIpc) is 1.83. The van der Waals surface area contributed by atoms with Crippen LogP contribution in [0.5, 0.6) is 0 Å². The minimum atomic E-state index is -0.0405. The molecule has 0 saturated heterocycles. The number of ether oxygens (including phenoxy) is 2. The zero-order valence-corrected chi connectivity index (χ0v) is 9.02. The molecule has 2 heteroatoms. The standard InChI is InChI=1S/C10H22O2/c1-9(2)8-11-6-7-12-10(3,4)5/h9H,6-8H2,1-5H3. The Balaban J connectivity index is 3.12. The van der Waals surface area contributed by atoms with Crippen LogP contribution in [0, 0.1) is 5.92 Å². The first-order valence-electron chi connectivity index (χ1n) is 4.63. The third kappa shape index (κ3) is 9.92. The topological polar surface area (TPSA) is 18.5 Å². The van der Waals surface area contributed by atoms with Crippen molar-refractivity contribution in [2.45, 2.75) is 40.2 Å². The van der Waals surface area contributed by atoms with Gasteiger partial charge in [-0.15, -0.1) is 0 Å². The molecule has 0 aliphatic heterocycles. The third-order valence-corrected chi connectivity index (χ3v) is 1.21. The van der Waals surface area contributed by atoms with E-state index < -0.39 is 0 Å². The molecule has 74 valence electrons. The van der Waals surface area contributed by atoms with Gasteiger partial charge in [-0.2, -0.15) is 0 Å². The minimum absolute atomic E-state index is 0.0405. The predicted molar refractivity (Wildman–Crippen MR) is 51.4 cm³/mol. The first-order chi connectivity index (χ1) is 5.42. The highest BCUT2D eigenvalue weighted by Crippen LogP contribution is 2.05. The lowest BCUT2D eigenvalue weighted by Gasteiger charge is -2.19. The molecule has 0 bridgehead atoms. The van der Waals surface area contributed by atoms with Crippen molar-refractivity contribution < 1.29 is 9.47 Å². The summed E-state index contributed by atoms with van der Waals surface area (Å²) < 4.78 is 10.9. The fraction of sp³-hybridized carbons (Fsp3) is 1.00. The van der Waals surface area contributed by atoms with Gasteiger partial charge in [0.15, 0.2) is 0 Å². The molecule has 0 aliphatic carbocycles. The summed E-state index contributed by atoms with van der Waals surface area (Å²) in [6, 6.07) is 0. The van der Waals surface area contributed by atoms with Gasteiger partial charge >= 0.3 is 0 Å². The van der Waals surface area contributed by atoms with Crippen molar-refractivity contribution in [3.8, 4) is 0 Å². The van der Waals surface area contributed by atoms with Gasteiger partial charge in [0.1, 0.15) is 0 Å². The second-order valence-corrected chi connectivity index (χ2v) is 4.43. The van der Waals surface area contributed by atoms with Gasteiger partial charge in [0.2, 0.25) is 0 Å². The molecule has 0 aromatic heterocycles. The summed E-state index contributed by atoms with van der Waals surface area (Å²) in [7, 11) is 0. The maximum Gasteiger partial charge on any atom is 0.0707 e. The molecular weight excluding hydrogens is 152 g/mol. The van der Waals surface area contributed by atoms with E-state index in [9.17, 15) is 0 Å². The molecule has 0 N–H and O–H groups in total. The van der Waals surface area contributed by atoms with Gasteiger partial charge in [0.05, 0.1) is 18.8 Å². The highest BCUT2D eigenvalue weighted by molar-refractivity contribution is 4.57. The van der Waals surface area contributed by atoms with Gasteiger partial charge in [-0.3, -0.25) is 0 Å². The SMILES string of the molecule is CC(C)COCCOC(C)(C)C. The Morgan fingerprint density at radius 3 is 2.08 bits per heavy atom. The van der Waals surface area contributed by atoms with E-state index in [-0.39, 0.29) is 5.60 Å². The molecule has 0 fully saturated rings. The molecule has 2 nitrogen and oxygen atoms in total. The Morgan fingerprint density at radius 1 is 1.08 bits per heavy atom. The van der Waals surface area contributed by atoms with Crippen LogP contribution >= 0.6 is 0 Å². The molecule has 0 rings (SSSR count). The lowest BCUT2D eigenvalue weighted by molar-refractivity contribution is -0.0379. The largest absolute Gasteiger partial charge is 0.379 e. The second kappa shape index (κ2) is 5.55. The van der Waals surface area contributed by atoms with Crippen molar-refractivity contribution in [3.05, 3.63) is 0 Å². The van der Waals surface area contributed by atoms with E-state index in [0.717, 1.165) is 6.61 Å². The molecule has 0 radical (unpaired) electrons. The number of rotatable bonds is 5. The molecular formula is C10H22O2. The Hall–Kier alpha value is -0.0800. The first kappa shape index (κ1) is 11.9. The summed E-state index contributed by atoms with van der Waals surface area (Å²) in [6.45, 7) is 12.7. The van der Waals surface area contributed by atoms with Gasteiger partial charge < -0.3 is 9.47 Å². The van der Waals surface area contributed by atoms with Gasteiger partial charge in [-0.05, 0) is 26.7 Å². The van der Waals surface area contributed by atoms with Gasteiger partial charge in [-0.25, -0.2) is 0 Å². The minimum Gasteiger partial charge on any atom is -0.379 e. The monoisotopic (exact) mass is 174 g/mol. The molecule has 0 unspecified atom stereocenters. The Labute approximate surface area is 76.3 Å². The maximum atomic E-state index is 5.49. The maximum absolute atomic E-state index is 5.49. The molecule has 0 atom stereocenters. The van der Waals surface area contributed by atoms with E-state index in [1.54, 1.807) is 0 Å². The predicted octanol–water partition coefficient (Wildman–Crippen LogP) is 2.47. The molecule has 0 saturated carbocycles. The normalized spacial score (nSPS) is 12.5. The van der Waals surface area contributed by atoms with Crippen molar-refractivity contribution in [2.75, 3.05) is 19.8 Å². The molecule has 0 amide bonds. The Kier molecular flexibility index (Phi) is 5.51. The van der Waals surface area contributed by atoms with Gasteiger partial charge in [0.25, 0.3) is 0 Å². The summed E-state index contributed by atoms with van der Waals surface area (Å²) in [5.74, 6) is 0.611. The summed E-state index contributed by atoms with van der Waals surface area (Å²) in [6.07, 6.45) is 0. The van der Waals surface area contributed by atoms with Crippen LogP contribution in [0.3, 0.4) is 0 Å². The zero-order chi connectivity index (χ0) is 9.61. The smallest absolute Gasteiger partial charge is 0.0707 e. The van der Waals surface area contributed by atoms with Crippen molar-refractivity contribution in [1.82, 2.24) is 0 Å². The van der Waals surface area contributed by atoms with E-state index in [1.807, 2.05) is 0 Å². The highest BCUT2D eigenvalue weighted by Gasteiger charge is 2.08. The highest BCUT2D eigenvalue weighted by atomic mass is 16.5. The Morgan fingerprint density at radius 2 is 1.67 bits per heavy atom. The third-order valence-electron chi connectivity index (χ3n) is 1.21. The van der Waals surface area contributed by atoms with Crippen LogP contribution in [0.25, 0.3) is 0 Å². The lowest BCUT2D eigenvalue weighted by atomic mass is 10.2. The lowest BCUT2D eigenvalue weighted by Crippen LogP contribution is -2.22. The summed E-state index contributed by atoms with van der Waals surface area (Å²) in [5, 5.41) is 0. The average molecular weight is 174 g/mol. The molecule has 12 heavy (non-hydrogen) atoms. The van der Waals surface area contributed by atoms with Crippen LogP contribution in [-0.4, -0.2) is 25.4 Å². The van der Waals surface area contributed by atoms with E-state index in [1.165, 1.54) is 0 Å². The summed E-state index contributed by atoms with van der Waals surface area (Å²) >= 11 is 0. The fourth-order valence-electron chi connectivity index (χ4n) is 0.726. The number of hydrogen-bond acceptors (Lipinski definition) is 2. The van der Waals surface area contributed by atoms with Crippen molar-refractivity contribution in [1.29, 1.82) is 0 Å². The van der Waals surface area contributed by atoms with Crippen LogP contribution in [-0.2, 0) is 9.47 Å². The Bertz CT molecular complexity index is 103. The van der Waals surface area contributed by atoms with Crippen LogP contribution < -0.4 is 0 Å². The van der Waals surface area contributed by atoms with Crippen molar-refractivity contribution in [2.24, 2.45) is 5.92 Å².